The van der Waals surface area contributed by atoms with Gasteiger partial charge < -0.3 is 27.3 Å². The van der Waals surface area contributed by atoms with E-state index >= 15 is 0 Å². The molecule has 0 aliphatic carbocycles. The quantitative estimate of drug-likeness (QED) is 0.162. The second kappa shape index (κ2) is 14.0. The smallest absolute Gasteiger partial charge is 0.256 e. The van der Waals surface area contributed by atoms with Crippen molar-refractivity contribution >= 4 is 132 Å². The molecule has 0 spiro atoms. The summed E-state index contributed by atoms with van der Waals surface area (Å²) in [5.74, 6) is 1.81. The van der Waals surface area contributed by atoms with Gasteiger partial charge in [-0.3, -0.25) is 0 Å². The fraction of sp³-hybridized carbons (Fsp3) is 0.118. The second-order valence-corrected chi connectivity index (χ2v) is 23.2. The lowest BCUT2D eigenvalue weighted by Gasteiger charge is -2.35. The van der Waals surface area contributed by atoms with E-state index in [9.17, 15) is 0 Å². The van der Waals surface area contributed by atoms with Crippen LogP contribution in [-0.2, 0) is 10.8 Å². The molecule has 17 rings (SSSR count). The topological polar surface area (TPSA) is 50.3 Å². The fourth-order valence-corrected chi connectivity index (χ4v) is 13.4. The van der Waals surface area contributed by atoms with Gasteiger partial charge in [0.2, 0.25) is 0 Å². The Morgan fingerprint density at radius 3 is 1.47 bits per heavy atom. The molecule has 0 fully saturated rings. The number of furan rings is 2. The van der Waals surface area contributed by atoms with E-state index in [0.717, 1.165) is 94.2 Å². The predicted octanol–water partition coefficient (Wildman–Crippen LogP) is 16.3. The number of hydrogen-bond acceptors (Lipinski definition) is 3. The first-order valence-electron chi connectivity index (χ1n) is 26.3. The van der Waals surface area contributed by atoms with Crippen LogP contribution in [0.25, 0.3) is 126 Å². The molecular formula is C68H48BN3O3. The van der Waals surface area contributed by atoms with Gasteiger partial charge in [0.05, 0.1) is 43.9 Å². The molecule has 0 amide bonds. The Balaban J connectivity index is 1.02. The van der Waals surface area contributed by atoms with E-state index in [1.54, 1.807) is 0 Å². The Bertz CT molecular complexity index is 4970. The van der Waals surface area contributed by atoms with Crippen molar-refractivity contribution in [2.75, 3.05) is 0 Å². The largest absolute Gasteiger partial charge is 0.458 e. The second-order valence-electron chi connectivity index (χ2n) is 23.2. The highest BCUT2D eigenvalue weighted by atomic mass is 16.5. The highest BCUT2D eigenvalue weighted by Crippen LogP contribution is 2.48. The molecule has 7 heterocycles. The monoisotopic (exact) mass is 965 g/mol. The summed E-state index contributed by atoms with van der Waals surface area (Å²) in [7, 11) is 0. The van der Waals surface area contributed by atoms with E-state index in [4.69, 9.17) is 13.6 Å². The maximum absolute atomic E-state index is 7.34. The van der Waals surface area contributed by atoms with E-state index in [2.05, 4.69) is 237 Å². The molecule has 2 aliphatic heterocycles. The van der Waals surface area contributed by atoms with Crippen LogP contribution in [0.4, 0.5) is 0 Å². The van der Waals surface area contributed by atoms with Crippen molar-refractivity contribution in [1.82, 2.24) is 13.7 Å². The van der Waals surface area contributed by atoms with Gasteiger partial charge in [0.25, 0.3) is 6.71 Å². The summed E-state index contributed by atoms with van der Waals surface area (Å²) in [5.41, 5.74) is 19.5. The summed E-state index contributed by atoms with van der Waals surface area (Å²) in [5, 5.41) is 11.3. The lowest BCUT2D eigenvalue weighted by atomic mass is 9.34. The summed E-state index contributed by atoms with van der Waals surface area (Å²) in [6, 6.07) is 67.0. The molecule has 0 radical (unpaired) electrons. The number of para-hydroxylation sites is 4. The van der Waals surface area contributed by atoms with Crippen molar-refractivity contribution in [3.8, 4) is 28.6 Å². The number of ether oxygens (including phenoxy) is 1. The Labute approximate surface area is 431 Å². The van der Waals surface area contributed by atoms with Crippen molar-refractivity contribution in [3.05, 3.63) is 193 Å². The molecule has 0 unspecified atom stereocenters. The highest BCUT2D eigenvalue weighted by Gasteiger charge is 2.43. The van der Waals surface area contributed by atoms with E-state index < -0.39 is 0 Å². The minimum atomic E-state index is -0.153. The van der Waals surface area contributed by atoms with Crippen LogP contribution in [0, 0.1) is 0 Å². The summed E-state index contributed by atoms with van der Waals surface area (Å²) in [4.78, 5) is 0. The third kappa shape index (κ3) is 5.39. The number of rotatable bonds is 2. The third-order valence-electron chi connectivity index (χ3n) is 17.0. The summed E-state index contributed by atoms with van der Waals surface area (Å²) < 4.78 is 29.1. The Hall–Kier alpha value is -8.94. The van der Waals surface area contributed by atoms with Gasteiger partial charge in [-0.2, -0.15) is 0 Å². The predicted molar refractivity (Wildman–Crippen MR) is 313 cm³/mol. The van der Waals surface area contributed by atoms with Gasteiger partial charge in [-0.05, 0) is 129 Å². The molecule has 0 N–H and O–H groups in total. The zero-order valence-corrected chi connectivity index (χ0v) is 42.5. The molecule has 0 atom stereocenters. The lowest BCUT2D eigenvalue weighted by molar-refractivity contribution is 0.482. The minimum Gasteiger partial charge on any atom is -0.458 e. The van der Waals surface area contributed by atoms with Gasteiger partial charge in [0.1, 0.15) is 33.8 Å². The van der Waals surface area contributed by atoms with Gasteiger partial charge in [-0.25, -0.2) is 0 Å². The highest BCUT2D eigenvalue weighted by molar-refractivity contribution is 6.99. The molecular weight excluding hydrogens is 918 g/mol. The Kier molecular flexibility index (Phi) is 7.76. The van der Waals surface area contributed by atoms with Gasteiger partial charge in [0, 0.05) is 60.2 Å². The molecule has 6 nitrogen and oxygen atoms in total. The summed E-state index contributed by atoms with van der Waals surface area (Å²) >= 11 is 0. The van der Waals surface area contributed by atoms with Gasteiger partial charge >= 0.3 is 0 Å². The maximum atomic E-state index is 7.34. The van der Waals surface area contributed by atoms with Crippen molar-refractivity contribution in [2.45, 2.75) is 52.4 Å². The average molecular weight is 966 g/mol. The van der Waals surface area contributed by atoms with E-state index in [1.165, 1.54) is 71.1 Å². The number of aromatic nitrogens is 3. The van der Waals surface area contributed by atoms with Crippen LogP contribution in [0.2, 0.25) is 0 Å². The van der Waals surface area contributed by atoms with Crippen LogP contribution in [0.1, 0.15) is 52.7 Å². The Morgan fingerprint density at radius 1 is 0.373 bits per heavy atom. The van der Waals surface area contributed by atoms with Crippen molar-refractivity contribution < 1.29 is 13.6 Å². The lowest BCUT2D eigenvalue weighted by Crippen LogP contribution is -2.58. The third-order valence-corrected chi connectivity index (χ3v) is 17.0. The first-order valence-corrected chi connectivity index (χ1v) is 26.3. The SMILES string of the molecule is CC(C)(C)c1ccc2c(c1)B1c3c(cc(C(C)(C)C)cc3-n3c4ccc5c6cc(-n7c8ccccc8c8ccccc87)ccc6oc5c4c4c5oc6ccc(-n7c8ccccc8c8ccccc87)cc6c5cc1c43)O2. The first-order chi connectivity index (χ1) is 36.5. The molecule has 0 bridgehead atoms. The molecule has 10 aromatic carbocycles. The number of nitrogens with zero attached hydrogens (tertiary/aromatic N) is 3. The number of hydrogen-bond donors (Lipinski definition) is 0. The summed E-state index contributed by atoms with van der Waals surface area (Å²) in [6.07, 6.45) is 0. The number of fused-ring (bicyclic) bond motifs is 21. The normalized spacial score (nSPS) is 13.5. The van der Waals surface area contributed by atoms with Crippen LogP contribution in [0.3, 0.4) is 0 Å². The van der Waals surface area contributed by atoms with Gasteiger partial charge in [0.15, 0.2) is 0 Å². The van der Waals surface area contributed by atoms with E-state index in [1.807, 2.05) is 0 Å². The average Bonchev–Trinajstić information content (AvgIpc) is 4.41. The van der Waals surface area contributed by atoms with Crippen LogP contribution in [0.15, 0.2) is 191 Å². The van der Waals surface area contributed by atoms with Gasteiger partial charge in [-0.1, -0.05) is 133 Å². The molecule has 5 aromatic heterocycles. The first kappa shape index (κ1) is 41.5. The molecule has 2 aliphatic rings. The molecule has 356 valence electrons. The van der Waals surface area contributed by atoms with E-state index in [0.29, 0.717) is 0 Å². The van der Waals surface area contributed by atoms with E-state index in [-0.39, 0.29) is 17.5 Å². The van der Waals surface area contributed by atoms with Crippen LogP contribution < -0.4 is 21.1 Å². The minimum absolute atomic E-state index is 0.0741. The van der Waals surface area contributed by atoms with Crippen LogP contribution >= 0.6 is 0 Å². The number of benzene rings is 10. The molecule has 15 aromatic rings. The zero-order valence-electron chi connectivity index (χ0n) is 42.5. The summed E-state index contributed by atoms with van der Waals surface area (Å²) in [6.45, 7) is 13.7. The maximum Gasteiger partial charge on any atom is 0.256 e. The van der Waals surface area contributed by atoms with Crippen LogP contribution in [0.5, 0.6) is 11.5 Å². The molecule has 0 saturated carbocycles. The van der Waals surface area contributed by atoms with Crippen molar-refractivity contribution in [3.63, 3.8) is 0 Å². The Morgan fingerprint density at radius 2 is 0.907 bits per heavy atom. The van der Waals surface area contributed by atoms with Gasteiger partial charge in [-0.15, -0.1) is 0 Å². The molecule has 75 heavy (non-hydrogen) atoms. The van der Waals surface area contributed by atoms with Crippen molar-refractivity contribution in [1.29, 1.82) is 0 Å². The zero-order chi connectivity index (χ0) is 50.0. The van der Waals surface area contributed by atoms with Crippen LogP contribution in [-0.4, -0.2) is 20.4 Å². The molecule has 0 saturated heterocycles. The molecule has 7 heteroatoms. The standard InChI is InChI=1S/C68H48BN3O3/c1-67(2,3)37-23-28-59-49(31-37)69-50-36-48-47-35-40(71-53-21-13-9-17-43(53)44-18-10-14-22-54(44)71)25-30-58(47)75-66(48)62-61-55(72(64(50)62)56-32-38(68(4,5)6)33-60(73-59)63(56)69)27-26-45-46-34-39(24-29-57(46)74-65(45)61)70-51-19-11-7-15-41(51)42-16-8-12-20-52(42)70/h7-36H,1-6H3. The van der Waals surface area contributed by atoms with Crippen molar-refractivity contribution in [2.24, 2.45) is 0 Å². The fourth-order valence-electron chi connectivity index (χ4n) is 13.4.